The fourth-order valence-electron chi connectivity index (χ4n) is 3.28. The highest BCUT2D eigenvalue weighted by Gasteiger charge is 2.39. The molecule has 3 rings (SSSR count). The average molecular weight is 572 g/mol. The molecule has 0 atom stereocenters. The van der Waals surface area contributed by atoms with Crippen molar-refractivity contribution in [2.24, 2.45) is 0 Å². The van der Waals surface area contributed by atoms with Gasteiger partial charge in [0.1, 0.15) is 17.2 Å². The molecule has 14 heteroatoms. The van der Waals surface area contributed by atoms with Gasteiger partial charge in [-0.15, -0.1) is 0 Å². The average Bonchev–Trinajstić information content (AvgIpc) is 2.75. The summed E-state index contributed by atoms with van der Waals surface area (Å²) in [6.07, 6.45) is -18.8. The second kappa shape index (κ2) is 11.2. The van der Waals surface area contributed by atoms with Gasteiger partial charge in [0, 0.05) is 16.7 Å². The van der Waals surface area contributed by atoms with Crippen LogP contribution in [0.5, 0.6) is 17.2 Å². The fourth-order valence-corrected chi connectivity index (χ4v) is 4.65. The lowest BCUT2D eigenvalue weighted by molar-refractivity contribution is -0.128. The van der Waals surface area contributed by atoms with Crippen LogP contribution in [-0.4, -0.2) is 18.5 Å². The molecule has 0 radical (unpaired) electrons. The molecule has 4 nitrogen and oxygen atoms in total. The highest BCUT2D eigenvalue weighted by atomic mass is 31.2. The topological polar surface area (TPSA) is 44.8 Å². The molecule has 0 aliphatic rings. The highest BCUT2D eigenvalue weighted by molar-refractivity contribution is 7.49. The zero-order valence-electron chi connectivity index (χ0n) is 19.0. The van der Waals surface area contributed by atoms with Gasteiger partial charge in [-0.2, -0.15) is 44.1 Å². The molecule has 3 aromatic carbocycles. The number of phosphoric ester groups is 1. The summed E-state index contributed by atoms with van der Waals surface area (Å²) in [6, 6.07) is 13.2. The molecule has 0 N–H and O–H groups in total. The lowest BCUT2D eigenvalue weighted by Gasteiger charge is -2.23. The summed E-state index contributed by atoms with van der Waals surface area (Å²) in [7, 11) is -5.26. The number of benzene rings is 3. The summed E-state index contributed by atoms with van der Waals surface area (Å²) in [4.78, 5) is 0. The van der Waals surface area contributed by atoms with Gasteiger partial charge in [-0.1, -0.05) is 54.6 Å². The fraction of sp³-hybridized carbons (Fsp3) is 0.250. The van der Waals surface area contributed by atoms with Crippen LogP contribution in [0.4, 0.5) is 39.5 Å². The van der Waals surface area contributed by atoms with Gasteiger partial charge in [0.2, 0.25) is 0 Å². The van der Waals surface area contributed by atoms with E-state index in [1.54, 1.807) is 0 Å². The second-order valence-corrected chi connectivity index (χ2v) is 9.36. The van der Waals surface area contributed by atoms with Gasteiger partial charge in [0.15, 0.2) is 0 Å². The van der Waals surface area contributed by atoms with Crippen LogP contribution < -0.4 is 13.6 Å². The maximum atomic E-state index is 13.8. The van der Waals surface area contributed by atoms with E-state index in [-0.39, 0.29) is 0 Å². The van der Waals surface area contributed by atoms with Crippen molar-refractivity contribution < 1.29 is 57.7 Å². The first kappa shape index (κ1) is 29.2. The molecule has 0 aromatic heterocycles. The third kappa shape index (κ3) is 9.20. The van der Waals surface area contributed by atoms with Crippen LogP contribution in [0.1, 0.15) is 16.7 Å². The Balaban J connectivity index is 2.07. The van der Waals surface area contributed by atoms with Crippen molar-refractivity contribution in [3.8, 4) is 17.2 Å². The van der Waals surface area contributed by atoms with Crippen LogP contribution in [0.3, 0.4) is 0 Å². The van der Waals surface area contributed by atoms with Crippen molar-refractivity contribution in [3.05, 3.63) is 89.5 Å². The molecule has 0 unspecified atom stereocenters. The molecule has 206 valence electrons. The van der Waals surface area contributed by atoms with Gasteiger partial charge in [-0.3, -0.25) is 0 Å². The zero-order chi connectivity index (χ0) is 28.2. The molecule has 0 amide bonds. The SMILES string of the molecule is O=P(Oc1ccccc1CC(F)(F)F)(Oc1ccccc1CC(F)(F)F)Oc1ccccc1CC(F)(F)F. The molecule has 0 aliphatic carbocycles. The number of para-hydroxylation sites is 3. The van der Waals surface area contributed by atoms with E-state index in [0.29, 0.717) is 0 Å². The Morgan fingerprint density at radius 2 is 0.711 bits per heavy atom. The molecular formula is C24H18F9O4P. The lowest BCUT2D eigenvalue weighted by atomic mass is 10.1. The smallest absolute Gasteiger partial charge is 0.386 e. The first-order chi connectivity index (χ1) is 17.5. The number of rotatable bonds is 9. The van der Waals surface area contributed by atoms with Crippen LogP contribution in [0.2, 0.25) is 0 Å². The third-order valence-electron chi connectivity index (χ3n) is 4.72. The molecule has 0 saturated carbocycles. The van der Waals surface area contributed by atoms with Gasteiger partial charge >= 0.3 is 26.4 Å². The molecule has 0 fully saturated rings. The van der Waals surface area contributed by atoms with Gasteiger partial charge in [-0.25, -0.2) is 0 Å². The molecule has 0 spiro atoms. The van der Waals surface area contributed by atoms with Crippen molar-refractivity contribution in [2.45, 2.75) is 37.8 Å². The molecule has 3 aromatic rings. The van der Waals surface area contributed by atoms with E-state index in [4.69, 9.17) is 13.6 Å². The van der Waals surface area contributed by atoms with Crippen molar-refractivity contribution in [3.63, 3.8) is 0 Å². The Morgan fingerprint density at radius 3 is 0.947 bits per heavy atom. The third-order valence-corrected chi connectivity index (χ3v) is 5.98. The quantitative estimate of drug-likeness (QED) is 0.190. The Hall–Kier alpha value is -3.34. The van der Waals surface area contributed by atoms with Crippen molar-refractivity contribution in [1.29, 1.82) is 0 Å². The lowest BCUT2D eigenvalue weighted by Crippen LogP contribution is -2.16. The van der Waals surface area contributed by atoms with Gasteiger partial charge in [0.05, 0.1) is 19.3 Å². The standard InChI is InChI=1S/C24H18F9O4P/c25-22(26,27)13-16-7-1-4-10-19(16)35-38(34,36-20-11-5-2-8-17(20)14-23(28,29)30)37-21-12-6-3-9-18(21)15-24(31,32)33/h1-12H,13-15H2. The minimum absolute atomic E-state index is 0.528. The predicted octanol–water partition coefficient (Wildman–Crippen LogP) is 8.65. The first-order valence-corrected chi connectivity index (χ1v) is 12.1. The number of phosphoric acid groups is 1. The molecule has 0 aliphatic heterocycles. The van der Waals surface area contributed by atoms with Gasteiger partial charge < -0.3 is 13.6 Å². The van der Waals surface area contributed by atoms with E-state index in [9.17, 15) is 44.1 Å². The van der Waals surface area contributed by atoms with Crippen LogP contribution in [-0.2, 0) is 23.8 Å². The Morgan fingerprint density at radius 1 is 0.474 bits per heavy atom. The van der Waals surface area contributed by atoms with Gasteiger partial charge in [-0.05, 0) is 18.2 Å². The monoisotopic (exact) mass is 572 g/mol. The highest BCUT2D eigenvalue weighted by Crippen LogP contribution is 2.52. The van der Waals surface area contributed by atoms with Crippen LogP contribution in [0.15, 0.2) is 72.8 Å². The van der Waals surface area contributed by atoms with Crippen molar-refractivity contribution in [2.75, 3.05) is 0 Å². The van der Waals surface area contributed by atoms with Gasteiger partial charge in [0.25, 0.3) is 0 Å². The van der Waals surface area contributed by atoms with Crippen LogP contribution in [0.25, 0.3) is 0 Å². The Kier molecular flexibility index (Phi) is 8.60. The molecule has 0 saturated heterocycles. The molecule has 38 heavy (non-hydrogen) atoms. The van der Waals surface area contributed by atoms with E-state index in [0.717, 1.165) is 36.4 Å². The largest absolute Gasteiger partial charge is 0.647 e. The summed E-state index contributed by atoms with van der Waals surface area (Å²) in [5.74, 6) is -1.97. The van der Waals surface area contributed by atoms with E-state index < -0.39 is 79.6 Å². The number of hydrogen-bond donors (Lipinski definition) is 0. The molecule has 0 heterocycles. The summed E-state index contributed by atoms with van der Waals surface area (Å²) < 4.78 is 147. The first-order valence-electron chi connectivity index (χ1n) is 10.6. The number of hydrogen-bond acceptors (Lipinski definition) is 4. The minimum Gasteiger partial charge on any atom is -0.386 e. The van der Waals surface area contributed by atoms with Crippen LogP contribution >= 0.6 is 7.82 Å². The van der Waals surface area contributed by atoms with E-state index >= 15 is 0 Å². The van der Waals surface area contributed by atoms with E-state index in [2.05, 4.69) is 0 Å². The summed E-state index contributed by atoms with van der Waals surface area (Å²) in [5, 5.41) is 0. The molecule has 0 bridgehead atoms. The summed E-state index contributed by atoms with van der Waals surface area (Å²) >= 11 is 0. The number of alkyl halides is 9. The van der Waals surface area contributed by atoms with Crippen molar-refractivity contribution >= 4 is 7.82 Å². The Labute approximate surface area is 210 Å². The predicted molar refractivity (Wildman–Crippen MR) is 118 cm³/mol. The zero-order valence-corrected chi connectivity index (χ0v) is 19.9. The maximum absolute atomic E-state index is 13.8. The number of halogens is 9. The summed E-state index contributed by atoms with van der Waals surface area (Å²) in [5.41, 5.74) is -1.58. The van der Waals surface area contributed by atoms with E-state index in [1.807, 2.05) is 0 Å². The minimum atomic E-state index is -5.26. The van der Waals surface area contributed by atoms with Crippen molar-refractivity contribution in [1.82, 2.24) is 0 Å². The van der Waals surface area contributed by atoms with Crippen LogP contribution in [0, 0.1) is 0 Å². The molecular weight excluding hydrogens is 554 g/mol. The maximum Gasteiger partial charge on any atom is 0.647 e. The normalized spacial score (nSPS) is 12.8. The second-order valence-electron chi connectivity index (χ2n) is 7.92. The summed E-state index contributed by atoms with van der Waals surface area (Å²) in [6.45, 7) is 0. The Bertz CT molecular complexity index is 1130. The van der Waals surface area contributed by atoms with E-state index in [1.165, 1.54) is 36.4 Å².